The highest BCUT2D eigenvalue weighted by Crippen LogP contribution is 2.13. The summed E-state index contributed by atoms with van der Waals surface area (Å²) in [5, 5.41) is 10.4. The molecule has 1 N–H and O–H groups in total. The molecule has 32 heavy (non-hydrogen) atoms. The van der Waals surface area contributed by atoms with Gasteiger partial charge in [-0.3, -0.25) is 9.69 Å². The van der Waals surface area contributed by atoms with Crippen molar-refractivity contribution >= 4 is 5.91 Å². The lowest BCUT2D eigenvalue weighted by molar-refractivity contribution is -0.0546. The van der Waals surface area contributed by atoms with Gasteiger partial charge in [-0.1, -0.05) is 24.3 Å². The molecular formula is C24H31FN2O5. The Morgan fingerprint density at radius 3 is 2.84 bits per heavy atom. The topological polar surface area (TPSA) is 71.5 Å². The van der Waals surface area contributed by atoms with Gasteiger partial charge in [-0.05, 0) is 30.3 Å². The smallest absolute Gasteiger partial charge is 0.254 e. The molecule has 1 amide bonds. The number of hydrogen-bond acceptors (Lipinski definition) is 6. The Morgan fingerprint density at radius 1 is 1.28 bits per heavy atom. The molecule has 0 radical (unpaired) electrons. The Hall–Kier alpha value is -2.52. The Kier molecular flexibility index (Phi) is 9.43. The van der Waals surface area contributed by atoms with E-state index in [0.29, 0.717) is 51.5 Å². The molecule has 0 aromatic heterocycles. The number of hydrogen-bond donors (Lipinski definition) is 1. The first kappa shape index (κ1) is 24.1. The molecule has 1 aliphatic heterocycles. The highest BCUT2D eigenvalue weighted by atomic mass is 19.1. The molecule has 0 saturated carbocycles. The van der Waals surface area contributed by atoms with Gasteiger partial charge in [0.2, 0.25) is 0 Å². The first-order valence-electron chi connectivity index (χ1n) is 10.8. The second-order valence-electron chi connectivity index (χ2n) is 7.78. The fourth-order valence-corrected chi connectivity index (χ4v) is 3.64. The fourth-order valence-electron chi connectivity index (χ4n) is 3.64. The fraction of sp³-hybridized carbons (Fsp3) is 0.458. The summed E-state index contributed by atoms with van der Waals surface area (Å²) < 4.78 is 30.2. The van der Waals surface area contributed by atoms with E-state index in [0.717, 1.165) is 5.75 Å². The maximum atomic E-state index is 13.6. The van der Waals surface area contributed by atoms with Gasteiger partial charge in [0.25, 0.3) is 5.91 Å². The zero-order valence-corrected chi connectivity index (χ0v) is 18.4. The first-order valence-corrected chi connectivity index (χ1v) is 10.8. The van der Waals surface area contributed by atoms with E-state index in [-0.39, 0.29) is 18.6 Å². The quantitative estimate of drug-likeness (QED) is 0.570. The van der Waals surface area contributed by atoms with Crippen molar-refractivity contribution in [1.82, 2.24) is 9.80 Å². The van der Waals surface area contributed by atoms with Crippen molar-refractivity contribution in [2.24, 2.45) is 0 Å². The number of methoxy groups -OCH3 is 1. The normalized spacial score (nSPS) is 17.7. The molecule has 0 bridgehead atoms. The summed E-state index contributed by atoms with van der Waals surface area (Å²) in [6.07, 6.45) is -0.868. The second kappa shape index (κ2) is 12.5. The number of amides is 1. The third-order valence-electron chi connectivity index (χ3n) is 5.23. The van der Waals surface area contributed by atoms with Crippen molar-refractivity contribution < 1.29 is 28.5 Å². The maximum absolute atomic E-state index is 13.6. The standard InChI is InChI=1S/C24H31FN2O5/c1-30-12-11-27(24(29)19-6-5-7-20(25)14-19)17-23-16-26(10-13-31-23)15-21(28)18-32-22-8-3-2-4-9-22/h2-9,14,21,23,28H,10-13,15-18H2,1H3. The molecule has 2 aromatic rings. The first-order chi connectivity index (χ1) is 15.5. The number of para-hydroxylation sites is 1. The van der Waals surface area contributed by atoms with Gasteiger partial charge in [0, 0.05) is 45.4 Å². The Labute approximate surface area is 188 Å². The van der Waals surface area contributed by atoms with Crippen LogP contribution in [0.3, 0.4) is 0 Å². The average Bonchev–Trinajstić information content (AvgIpc) is 2.81. The molecule has 1 fully saturated rings. The van der Waals surface area contributed by atoms with Crippen LogP contribution in [-0.2, 0) is 9.47 Å². The van der Waals surface area contributed by atoms with E-state index in [4.69, 9.17) is 14.2 Å². The van der Waals surface area contributed by atoms with E-state index < -0.39 is 11.9 Å². The van der Waals surface area contributed by atoms with Gasteiger partial charge in [-0.15, -0.1) is 0 Å². The highest BCUT2D eigenvalue weighted by molar-refractivity contribution is 5.94. The molecule has 0 spiro atoms. The Balaban J connectivity index is 1.53. The van der Waals surface area contributed by atoms with Gasteiger partial charge >= 0.3 is 0 Å². The average molecular weight is 447 g/mol. The summed E-state index contributed by atoms with van der Waals surface area (Å²) >= 11 is 0. The lowest BCUT2D eigenvalue weighted by atomic mass is 10.1. The number of rotatable bonds is 11. The molecule has 8 heteroatoms. The zero-order chi connectivity index (χ0) is 22.8. The number of β-amino-alcohol motifs (C(OH)–C–C–N with tert-alkyl or cyclic N) is 1. The summed E-state index contributed by atoms with van der Waals surface area (Å²) in [5.74, 6) is 0.00367. The van der Waals surface area contributed by atoms with Gasteiger partial charge < -0.3 is 24.2 Å². The van der Waals surface area contributed by atoms with Crippen molar-refractivity contribution in [3.8, 4) is 5.75 Å². The minimum absolute atomic E-state index is 0.198. The number of halogens is 1. The third kappa shape index (κ3) is 7.56. The molecule has 1 aliphatic rings. The van der Waals surface area contributed by atoms with E-state index in [9.17, 15) is 14.3 Å². The van der Waals surface area contributed by atoms with Crippen LogP contribution in [0.15, 0.2) is 54.6 Å². The van der Waals surface area contributed by atoms with Gasteiger partial charge in [-0.25, -0.2) is 4.39 Å². The van der Waals surface area contributed by atoms with Crippen molar-refractivity contribution in [2.75, 3.05) is 59.7 Å². The van der Waals surface area contributed by atoms with Gasteiger partial charge in [0.15, 0.2) is 0 Å². The van der Waals surface area contributed by atoms with E-state index in [1.807, 2.05) is 30.3 Å². The molecule has 1 saturated heterocycles. The number of nitrogens with zero attached hydrogens (tertiary/aromatic N) is 2. The summed E-state index contributed by atoms with van der Waals surface area (Å²) in [6.45, 7) is 3.51. The molecule has 2 aromatic carbocycles. The molecule has 2 atom stereocenters. The van der Waals surface area contributed by atoms with Crippen LogP contribution in [0.25, 0.3) is 0 Å². The van der Waals surface area contributed by atoms with Crippen molar-refractivity contribution in [3.05, 3.63) is 66.0 Å². The number of morpholine rings is 1. The van der Waals surface area contributed by atoms with Crippen LogP contribution in [0.5, 0.6) is 5.75 Å². The van der Waals surface area contributed by atoms with Crippen LogP contribution < -0.4 is 4.74 Å². The maximum Gasteiger partial charge on any atom is 0.254 e. The molecule has 3 rings (SSSR count). The monoisotopic (exact) mass is 446 g/mol. The molecule has 7 nitrogen and oxygen atoms in total. The number of ether oxygens (including phenoxy) is 3. The van der Waals surface area contributed by atoms with E-state index in [1.54, 1.807) is 18.1 Å². The van der Waals surface area contributed by atoms with E-state index in [1.165, 1.54) is 18.2 Å². The van der Waals surface area contributed by atoms with Gasteiger partial charge in [0.05, 0.1) is 19.3 Å². The number of carbonyl (C=O) groups excluding carboxylic acids is 1. The summed E-state index contributed by atoms with van der Waals surface area (Å²) in [5.41, 5.74) is 0.294. The Bertz CT molecular complexity index is 838. The number of aliphatic hydroxyl groups is 1. The summed E-state index contributed by atoms with van der Waals surface area (Å²) in [7, 11) is 1.57. The number of benzene rings is 2. The van der Waals surface area contributed by atoms with Crippen LogP contribution in [-0.4, -0.2) is 92.7 Å². The SMILES string of the molecule is COCCN(CC1CN(CC(O)COc2ccccc2)CCO1)C(=O)c1cccc(F)c1. The van der Waals surface area contributed by atoms with Gasteiger partial charge in [-0.2, -0.15) is 0 Å². The third-order valence-corrected chi connectivity index (χ3v) is 5.23. The molecule has 174 valence electrons. The van der Waals surface area contributed by atoms with Crippen LogP contribution in [0.4, 0.5) is 4.39 Å². The number of carbonyl (C=O) groups is 1. The highest BCUT2D eigenvalue weighted by Gasteiger charge is 2.27. The molecule has 0 aliphatic carbocycles. The van der Waals surface area contributed by atoms with Crippen LogP contribution in [0.1, 0.15) is 10.4 Å². The summed E-state index contributed by atoms with van der Waals surface area (Å²) in [6, 6.07) is 15.0. The van der Waals surface area contributed by atoms with Crippen LogP contribution >= 0.6 is 0 Å². The lowest BCUT2D eigenvalue weighted by Crippen LogP contribution is -2.51. The van der Waals surface area contributed by atoms with Crippen LogP contribution in [0.2, 0.25) is 0 Å². The van der Waals surface area contributed by atoms with Crippen molar-refractivity contribution in [1.29, 1.82) is 0 Å². The lowest BCUT2D eigenvalue weighted by Gasteiger charge is -2.36. The number of aliphatic hydroxyl groups excluding tert-OH is 1. The minimum Gasteiger partial charge on any atom is -0.491 e. The minimum atomic E-state index is -0.646. The second-order valence-corrected chi connectivity index (χ2v) is 7.78. The van der Waals surface area contributed by atoms with Gasteiger partial charge in [0.1, 0.15) is 24.3 Å². The largest absolute Gasteiger partial charge is 0.491 e. The predicted molar refractivity (Wildman–Crippen MR) is 118 cm³/mol. The van der Waals surface area contributed by atoms with Crippen molar-refractivity contribution in [2.45, 2.75) is 12.2 Å². The molecule has 2 unspecified atom stereocenters. The Morgan fingerprint density at radius 2 is 2.09 bits per heavy atom. The predicted octanol–water partition coefficient (Wildman–Crippen LogP) is 2.06. The van der Waals surface area contributed by atoms with Crippen molar-refractivity contribution in [3.63, 3.8) is 0 Å². The summed E-state index contributed by atoms with van der Waals surface area (Å²) in [4.78, 5) is 16.7. The van der Waals surface area contributed by atoms with E-state index in [2.05, 4.69) is 4.90 Å². The van der Waals surface area contributed by atoms with E-state index >= 15 is 0 Å². The molecular weight excluding hydrogens is 415 g/mol. The van der Waals surface area contributed by atoms with Crippen LogP contribution in [0, 0.1) is 5.82 Å². The zero-order valence-electron chi connectivity index (χ0n) is 18.4. The molecule has 1 heterocycles.